The molecule has 0 unspecified atom stereocenters. The highest BCUT2D eigenvalue weighted by Crippen LogP contribution is 2.24. The lowest BCUT2D eigenvalue weighted by molar-refractivity contribution is -0.132. The summed E-state index contributed by atoms with van der Waals surface area (Å²) in [4.78, 5) is 19.7. The molecule has 0 atom stereocenters. The monoisotopic (exact) mass is 440 g/mol. The van der Waals surface area contributed by atoms with E-state index in [-0.39, 0.29) is 10.8 Å². The van der Waals surface area contributed by atoms with E-state index in [0.29, 0.717) is 31.4 Å². The van der Waals surface area contributed by atoms with Crippen LogP contribution in [0.25, 0.3) is 11.0 Å². The van der Waals surface area contributed by atoms with Crippen molar-refractivity contribution in [3.63, 3.8) is 0 Å². The molecule has 3 aromatic rings. The highest BCUT2D eigenvalue weighted by atomic mass is 32.2. The van der Waals surface area contributed by atoms with E-state index in [4.69, 9.17) is 0 Å². The topological polar surface area (TPSA) is 75.5 Å². The first kappa shape index (κ1) is 21.5. The maximum Gasteiger partial charge on any atom is 0.242 e. The van der Waals surface area contributed by atoms with Gasteiger partial charge in [-0.1, -0.05) is 24.3 Å². The Kier molecular flexibility index (Phi) is 5.85. The largest absolute Gasteiger partial charge is 0.338 e. The van der Waals surface area contributed by atoms with Crippen LogP contribution in [0.5, 0.6) is 0 Å². The fraction of sp³-hybridized carbons (Fsp3) is 0.391. The molecule has 0 fully saturated rings. The summed E-state index contributed by atoms with van der Waals surface area (Å²) in [5.41, 5.74) is 4.06. The Balaban J connectivity index is 1.52. The van der Waals surface area contributed by atoms with Crippen molar-refractivity contribution in [2.45, 2.75) is 44.2 Å². The number of carbonyl (C=O) groups excluding carboxylic acids is 1. The third kappa shape index (κ3) is 4.09. The van der Waals surface area contributed by atoms with Gasteiger partial charge in [-0.2, -0.15) is 0 Å². The number of sulfonamides is 1. The van der Waals surface area contributed by atoms with E-state index in [1.807, 2.05) is 24.0 Å². The van der Waals surface area contributed by atoms with Gasteiger partial charge in [0.05, 0.1) is 15.9 Å². The Morgan fingerprint density at radius 3 is 2.58 bits per heavy atom. The van der Waals surface area contributed by atoms with E-state index in [2.05, 4.69) is 21.7 Å². The Labute approximate surface area is 183 Å². The minimum Gasteiger partial charge on any atom is -0.338 e. The van der Waals surface area contributed by atoms with Gasteiger partial charge in [-0.3, -0.25) is 4.79 Å². The average Bonchev–Trinajstić information content (AvgIpc) is 3.13. The van der Waals surface area contributed by atoms with Crippen LogP contribution in [-0.4, -0.2) is 53.7 Å². The molecule has 0 bridgehead atoms. The number of benzene rings is 2. The molecule has 8 heteroatoms. The van der Waals surface area contributed by atoms with Gasteiger partial charge in [0.2, 0.25) is 15.9 Å². The maximum absolute atomic E-state index is 12.9. The molecule has 1 amide bonds. The Hall–Kier alpha value is -2.71. The predicted octanol–water partition coefficient (Wildman–Crippen LogP) is 2.82. The molecule has 0 saturated heterocycles. The highest BCUT2D eigenvalue weighted by molar-refractivity contribution is 7.89. The van der Waals surface area contributed by atoms with Crippen molar-refractivity contribution < 1.29 is 13.2 Å². The maximum atomic E-state index is 12.9. The zero-order valence-electron chi connectivity index (χ0n) is 18.2. The molecule has 0 aliphatic carbocycles. The van der Waals surface area contributed by atoms with Crippen molar-refractivity contribution >= 4 is 27.0 Å². The van der Waals surface area contributed by atoms with E-state index in [1.54, 1.807) is 18.2 Å². The van der Waals surface area contributed by atoms with E-state index >= 15 is 0 Å². The molecule has 1 aliphatic heterocycles. The van der Waals surface area contributed by atoms with Crippen LogP contribution in [0.4, 0.5) is 0 Å². The fourth-order valence-corrected chi connectivity index (χ4v) is 5.08. The van der Waals surface area contributed by atoms with Gasteiger partial charge in [0.25, 0.3) is 0 Å². The normalized spacial score (nSPS) is 14.3. The van der Waals surface area contributed by atoms with Gasteiger partial charge in [-0.25, -0.2) is 17.7 Å². The predicted molar refractivity (Wildman–Crippen MR) is 120 cm³/mol. The van der Waals surface area contributed by atoms with Crippen LogP contribution in [0.15, 0.2) is 47.4 Å². The molecular formula is C23H28N4O3S. The third-order valence-electron chi connectivity index (χ3n) is 5.94. The molecule has 2 aromatic carbocycles. The molecule has 1 aromatic heterocycles. The second kappa shape index (κ2) is 8.43. The first-order chi connectivity index (χ1) is 14.8. The fourth-order valence-electron chi connectivity index (χ4n) is 4.16. The molecule has 0 saturated carbocycles. The molecule has 0 N–H and O–H groups in total. The molecule has 2 heterocycles. The van der Waals surface area contributed by atoms with Gasteiger partial charge in [0, 0.05) is 46.6 Å². The summed E-state index contributed by atoms with van der Waals surface area (Å²) in [6.45, 7) is 4.13. The highest BCUT2D eigenvalue weighted by Gasteiger charge is 2.22. The lowest BCUT2D eigenvalue weighted by Gasteiger charge is -2.29. The van der Waals surface area contributed by atoms with E-state index in [9.17, 15) is 13.2 Å². The smallest absolute Gasteiger partial charge is 0.242 e. The SMILES string of the molecule is CCn1c(CCC(=O)N2CCc3ccccc3C2)nc2cc(S(=O)(=O)N(C)C)ccc21. The van der Waals surface area contributed by atoms with Crippen molar-refractivity contribution in [2.24, 2.45) is 0 Å². The summed E-state index contributed by atoms with van der Waals surface area (Å²) in [5.74, 6) is 0.933. The third-order valence-corrected chi connectivity index (χ3v) is 7.75. The van der Waals surface area contributed by atoms with Crippen molar-refractivity contribution in [1.82, 2.24) is 18.8 Å². The Morgan fingerprint density at radius 2 is 1.87 bits per heavy atom. The molecule has 0 spiro atoms. The minimum absolute atomic E-state index is 0.125. The number of aryl methyl sites for hydroxylation is 2. The molecule has 1 aliphatic rings. The zero-order valence-corrected chi connectivity index (χ0v) is 19.0. The van der Waals surface area contributed by atoms with Gasteiger partial charge in [-0.05, 0) is 42.7 Å². The molecule has 4 rings (SSSR count). The number of rotatable bonds is 6. The van der Waals surface area contributed by atoms with Gasteiger partial charge in [-0.15, -0.1) is 0 Å². The zero-order chi connectivity index (χ0) is 22.2. The van der Waals surface area contributed by atoms with Crippen molar-refractivity contribution in [2.75, 3.05) is 20.6 Å². The summed E-state index contributed by atoms with van der Waals surface area (Å²) in [7, 11) is -0.492. The van der Waals surface area contributed by atoms with Crippen LogP contribution in [0.2, 0.25) is 0 Å². The van der Waals surface area contributed by atoms with Crippen molar-refractivity contribution in [1.29, 1.82) is 0 Å². The second-order valence-corrected chi connectivity index (χ2v) is 10.2. The van der Waals surface area contributed by atoms with E-state index in [0.717, 1.165) is 24.3 Å². The number of imidazole rings is 1. The van der Waals surface area contributed by atoms with Crippen LogP contribution in [0, 0.1) is 0 Å². The Morgan fingerprint density at radius 1 is 1.13 bits per heavy atom. The molecule has 31 heavy (non-hydrogen) atoms. The second-order valence-electron chi connectivity index (χ2n) is 8.04. The van der Waals surface area contributed by atoms with Crippen LogP contribution >= 0.6 is 0 Å². The summed E-state index contributed by atoms with van der Waals surface area (Å²) in [6, 6.07) is 13.3. The lowest BCUT2D eigenvalue weighted by atomic mass is 9.99. The number of nitrogens with zero attached hydrogens (tertiary/aromatic N) is 4. The standard InChI is InChI=1S/C23H28N4O3S/c1-4-27-21-10-9-19(31(29,30)25(2)3)15-20(21)24-22(27)11-12-23(28)26-14-13-17-7-5-6-8-18(17)16-26/h5-10,15H,4,11-14,16H2,1-3H3. The number of carbonyl (C=O) groups is 1. The average molecular weight is 441 g/mol. The van der Waals surface area contributed by atoms with Crippen LogP contribution in [0.3, 0.4) is 0 Å². The first-order valence-electron chi connectivity index (χ1n) is 10.6. The quantitative estimate of drug-likeness (QED) is 0.591. The summed E-state index contributed by atoms with van der Waals surface area (Å²) in [5, 5.41) is 0. The van der Waals surface area contributed by atoms with Gasteiger partial charge in [0.15, 0.2) is 0 Å². The Bertz CT molecular complexity index is 1230. The number of amides is 1. The van der Waals surface area contributed by atoms with E-state index in [1.165, 1.54) is 29.5 Å². The van der Waals surface area contributed by atoms with E-state index < -0.39 is 10.0 Å². The van der Waals surface area contributed by atoms with Crippen LogP contribution in [0.1, 0.15) is 30.3 Å². The van der Waals surface area contributed by atoms with Crippen LogP contribution in [-0.2, 0) is 40.7 Å². The van der Waals surface area contributed by atoms with Gasteiger partial charge < -0.3 is 9.47 Å². The number of hydrogen-bond acceptors (Lipinski definition) is 4. The summed E-state index contributed by atoms with van der Waals surface area (Å²) < 4.78 is 28.2. The van der Waals surface area contributed by atoms with Crippen molar-refractivity contribution in [3.05, 3.63) is 59.4 Å². The molecule has 0 radical (unpaired) electrons. The molecule has 164 valence electrons. The summed E-state index contributed by atoms with van der Waals surface area (Å²) in [6.07, 6.45) is 1.79. The lowest BCUT2D eigenvalue weighted by Crippen LogP contribution is -2.36. The van der Waals surface area contributed by atoms with Crippen molar-refractivity contribution in [3.8, 4) is 0 Å². The molecule has 7 nitrogen and oxygen atoms in total. The summed E-state index contributed by atoms with van der Waals surface area (Å²) >= 11 is 0. The molecular weight excluding hydrogens is 412 g/mol. The van der Waals surface area contributed by atoms with Gasteiger partial charge >= 0.3 is 0 Å². The van der Waals surface area contributed by atoms with Crippen LogP contribution < -0.4 is 0 Å². The number of hydrogen-bond donors (Lipinski definition) is 0. The first-order valence-corrected chi connectivity index (χ1v) is 12.0. The number of fused-ring (bicyclic) bond motifs is 2. The number of aromatic nitrogens is 2. The van der Waals surface area contributed by atoms with Gasteiger partial charge in [0.1, 0.15) is 5.82 Å². The minimum atomic E-state index is -3.52.